The summed E-state index contributed by atoms with van der Waals surface area (Å²) in [5.41, 5.74) is 4.32. The van der Waals surface area contributed by atoms with Crippen molar-refractivity contribution in [1.29, 1.82) is 0 Å². The molecule has 43 heavy (non-hydrogen) atoms. The monoisotopic (exact) mass is 572 g/mol. The van der Waals surface area contributed by atoms with Crippen LogP contribution in [0.5, 0.6) is 0 Å². The Hall–Kier alpha value is -5.08. The molecule has 8 nitrogen and oxygen atoms in total. The van der Waals surface area contributed by atoms with E-state index in [9.17, 15) is 9.59 Å². The topological polar surface area (TPSA) is 85.1 Å². The Morgan fingerprint density at radius 3 is 2.35 bits per heavy atom. The van der Waals surface area contributed by atoms with Gasteiger partial charge in [-0.25, -0.2) is 4.98 Å². The van der Waals surface area contributed by atoms with E-state index in [4.69, 9.17) is 5.10 Å². The van der Waals surface area contributed by atoms with Gasteiger partial charge >= 0.3 is 0 Å². The molecular weight excluding hydrogens is 536 g/mol. The van der Waals surface area contributed by atoms with E-state index in [2.05, 4.69) is 39.5 Å². The zero-order chi connectivity index (χ0) is 28.1. The molecule has 6 aromatic rings. The molecule has 1 aliphatic heterocycles. The van der Waals surface area contributed by atoms with Crippen molar-refractivity contribution in [2.24, 2.45) is 0 Å². The van der Waals surface area contributed by atoms with Gasteiger partial charge < -0.3 is 9.47 Å². The molecule has 1 N–H and O–H groups in total. The molecule has 0 saturated carbocycles. The number of hydrogen-bond donors (Lipinski definition) is 1. The zero-order valence-corrected chi connectivity index (χ0v) is 22.8. The van der Waals surface area contributed by atoms with Crippen molar-refractivity contribution < 1.29 is 9.59 Å². The fourth-order valence-corrected chi connectivity index (χ4v) is 5.74. The summed E-state index contributed by atoms with van der Waals surface area (Å²) in [5.74, 6) is -0.873. The van der Waals surface area contributed by atoms with Crippen molar-refractivity contribution in [1.82, 2.24) is 29.5 Å². The molecule has 0 atom stereocenters. The lowest BCUT2D eigenvalue weighted by atomic mass is 9.98. The lowest BCUT2D eigenvalue weighted by molar-refractivity contribution is -0.122. The van der Waals surface area contributed by atoms with Gasteiger partial charge in [-0.1, -0.05) is 63.4 Å². The highest BCUT2D eigenvalue weighted by molar-refractivity contribution is 6.50. The van der Waals surface area contributed by atoms with Crippen LogP contribution in [0.2, 0.25) is 0 Å². The number of rotatable bonds is 7. The number of fused-ring (bicyclic) bond motifs is 3. The number of aryl methyl sites for hydroxylation is 1. The molecule has 7 rings (SSSR count). The van der Waals surface area contributed by atoms with Gasteiger partial charge in [-0.2, -0.15) is 5.10 Å². The predicted octanol–water partition coefficient (Wildman–Crippen LogP) is 6.32. The van der Waals surface area contributed by atoms with Crippen molar-refractivity contribution >= 4 is 55.7 Å². The molecule has 3 aromatic heterocycles. The number of nitrogens with one attached hydrogen (secondary N) is 1. The summed E-state index contributed by atoms with van der Waals surface area (Å²) in [6.45, 7) is 1.61. The number of para-hydroxylation sites is 1. The summed E-state index contributed by atoms with van der Waals surface area (Å²) in [4.78, 5) is 33.7. The standard InChI is InChI=1S/C33H28N6O2.2CH4/c1-37(2)17-8-18-39-27-13-6-5-11-25(27)30(36-39)29-28(32(40)35-33(29)41)26-20-38(31-24(26)12-7-16-34-31)23-15-14-21-9-3-4-10-22(21)19-23;;/h3-7,9-16,19-20H,8,17-18H2,1-2H3,(H,35,40,41);2*1H4. The van der Waals surface area contributed by atoms with E-state index in [0.29, 0.717) is 34.6 Å². The van der Waals surface area contributed by atoms with Crippen LogP contribution in [-0.2, 0) is 16.1 Å². The Morgan fingerprint density at radius 1 is 0.814 bits per heavy atom. The van der Waals surface area contributed by atoms with Gasteiger partial charge in [-0.15, -0.1) is 0 Å². The number of nitrogens with zero attached hydrogens (tertiary/aromatic N) is 5. The van der Waals surface area contributed by atoms with Crippen LogP contribution in [0.3, 0.4) is 0 Å². The maximum absolute atomic E-state index is 13.5. The molecule has 0 bridgehead atoms. The third-order valence-corrected chi connectivity index (χ3v) is 7.64. The van der Waals surface area contributed by atoms with E-state index >= 15 is 0 Å². The van der Waals surface area contributed by atoms with Gasteiger partial charge in [0.25, 0.3) is 11.8 Å². The zero-order valence-electron chi connectivity index (χ0n) is 22.8. The molecule has 0 radical (unpaired) electrons. The molecule has 2 amide bonds. The van der Waals surface area contributed by atoms with Gasteiger partial charge in [0.2, 0.25) is 0 Å². The Labute approximate surface area is 251 Å². The highest BCUT2D eigenvalue weighted by Gasteiger charge is 2.36. The predicted molar refractivity (Wildman–Crippen MR) is 175 cm³/mol. The average molecular weight is 573 g/mol. The van der Waals surface area contributed by atoms with Gasteiger partial charge in [0.05, 0.1) is 16.7 Å². The van der Waals surface area contributed by atoms with Gasteiger partial charge in [0.15, 0.2) is 0 Å². The second kappa shape index (κ2) is 11.7. The van der Waals surface area contributed by atoms with E-state index in [0.717, 1.165) is 45.7 Å². The third kappa shape index (κ3) is 5.00. The summed E-state index contributed by atoms with van der Waals surface area (Å²) in [6, 6.07) is 26.0. The lowest BCUT2D eigenvalue weighted by Gasteiger charge is -2.09. The number of hydrogen-bond acceptors (Lipinski definition) is 5. The fourth-order valence-electron chi connectivity index (χ4n) is 5.74. The maximum Gasteiger partial charge on any atom is 0.261 e. The highest BCUT2D eigenvalue weighted by atomic mass is 16.2. The van der Waals surface area contributed by atoms with Crippen molar-refractivity contribution in [2.75, 3.05) is 20.6 Å². The first kappa shape index (κ1) is 29.4. The Kier molecular flexibility index (Phi) is 7.98. The number of aromatic nitrogens is 4. The van der Waals surface area contributed by atoms with Gasteiger partial charge in [-0.05, 0) is 68.2 Å². The Balaban J connectivity index is 0.00000184. The fraction of sp³-hybridized carbons (Fsp3) is 0.200. The van der Waals surface area contributed by atoms with Crippen LogP contribution in [0.15, 0.2) is 91.3 Å². The van der Waals surface area contributed by atoms with Crippen molar-refractivity contribution in [3.05, 3.63) is 103 Å². The number of imide groups is 1. The molecule has 1 aliphatic rings. The number of pyridine rings is 1. The van der Waals surface area contributed by atoms with E-state index < -0.39 is 11.8 Å². The summed E-state index contributed by atoms with van der Waals surface area (Å²) >= 11 is 0. The molecule has 3 aromatic carbocycles. The molecule has 8 heteroatoms. The van der Waals surface area contributed by atoms with E-state index in [-0.39, 0.29) is 14.9 Å². The van der Waals surface area contributed by atoms with Crippen LogP contribution in [0.4, 0.5) is 0 Å². The minimum absolute atomic E-state index is 0. The summed E-state index contributed by atoms with van der Waals surface area (Å²) in [5, 5.41) is 11.3. The molecular formula is C35H36N6O2. The maximum atomic E-state index is 13.5. The van der Waals surface area contributed by atoms with Crippen LogP contribution in [0, 0.1) is 0 Å². The van der Waals surface area contributed by atoms with Crippen LogP contribution in [0.1, 0.15) is 32.5 Å². The highest BCUT2D eigenvalue weighted by Crippen LogP contribution is 2.38. The van der Waals surface area contributed by atoms with Crippen molar-refractivity contribution in [2.45, 2.75) is 27.8 Å². The number of amides is 2. The Morgan fingerprint density at radius 2 is 1.53 bits per heavy atom. The minimum Gasteiger partial charge on any atom is -0.309 e. The number of benzene rings is 3. The minimum atomic E-state index is -0.441. The second-order valence-electron chi connectivity index (χ2n) is 10.6. The quantitative estimate of drug-likeness (QED) is 0.226. The smallest absolute Gasteiger partial charge is 0.261 e. The average Bonchev–Trinajstić information content (AvgIpc) is 3.63. The lowest BCUT2D eigenvalue weighted by Crippen LogP contribution is -2.22. The number of carbonyl (C=O) groups is 2. The van der Waals surface area contributed by atoms with Gasteiger partial charge in [0, 0.05) is 41.0 Å². The molecule has 0 fully saturated rings. The first-order valence-electron chi connectivity index (χ1n) is 13.7. The van der Waals surface area contributed by atoms with Crippen LogP contribution < -0.4 is 5.32 Å². The van der Waals surface area contributed by atoms with Crippen molar-refractivity contribution in [3.63, 3.8) is 0 Å². The van der Waals surface area contributed by atoms with Crippen LogP contribution in [-0.4, -0.2) is 56.7 Å². The summed E-state index contributed by atoms with van der Waals surface area (Å²) in [6.07, 6.45) is 4.55. The molecule has 0 saturated heterocycles. The normalized spacial score (nSPS) is 13.2. The van der Waals surface area contributed by atoms with Gasteiger partial charge in [-0.3, -0.25) is 19.6 Å². The van der Waals surface area contributed by atoms with Gasteiger partial charge in [0.1, 0.15) is 11.3 Å². The summed E-state index contributed by atoms with van der Waals surface area (Å²) < 4.78 is 3.92. The molecule has 0 aliphatic carbocycles. The largest absolute Gasteiger partial charge is 0.309 e. The summed E-state index contributed by atoms with van der Waals surface area (Å²) in [7, 11) is 4.09. The second-order valence-corrected chi connectivity index (χ2v) is 10.6. The third-order valence-electron chi connectivity index (χ3n) is 7.64. The first-order chi connectivity index (χ1) is 20.0. The molecule has 4 heterocycles. The van der Waals surface area contributed by atoms with Crippen LogP contribution in [0.25, 0.3) is 49.5 Å². The molecule has 0 spiro atoms. The van der Waals surface area contributed by atoms with Crippen molar-refractivity contribution in [3.8, 4) is 5.69 Å². The SMILES string of the molecule is C.C.CN(C)CCCn1nc(C2=C(c3cn(-c4ccc5ccccc5c4)c4ncccc34)C(=O)NC2=O)c2ccccc21. The van der Waals surface area contributed by atoms with Crippen LogP contribution >= 0.6 is 0 Å². The van der Waals surface area contributed by atoms with E-state index in [1.807, 2.05) is 84.1 Å². The van der Waals surface area contributed by atoms with E-state index in [1.54, 1.807) is 6.20 Å². The Bertz CT molecular complexity index is 2030. The molecule has 218 valence electrons. The molecule has 0 unspecified atom stereocenters. The number of carbonyl (C=O) groups excluding carboxylic acids is 2. The van der Waals surface area contributed by atoms with E-state index in [1.165, 1.54) is 0 Å². The first-order valence-corrected chi connectivity index (χ1v) is 13.7.